The largest absolute Gasteiger partial charge is 0.389 e. The average molecular weight is 233 g/mol. The predicted octanol–water partition coefficient (Wildman–Crippen LogP) is 2.57. The van der Waals surface area contributed by atoms with Crippen molar-refractivity contribution in [1.82, 2.24) is 0 Å². The van der Waals surface area contributed by atoms with Gasteiger partial charge < -0.3 is 5.11 Å². The van der Waals surface area contributed by atoms with E-state index in [1.807, 2.05) is 6.92 Å². The van der Waals surface area contributed by atoms with Gasteiger partial charge in [-0.25, -0.2) is 0 Å². The maximum Gasteiger partial charge on any atom is 0.0777 e. The second-order valence-electron chi connectivity index (χ2n) is 5.24. The van der Waals surface area contributed by atoms with Crippen molar-refractivity contribution in [2.24, 2.45) is 17.3 Å². The van der Waals surface area contributed by atoms with Crippen LogP contribution in [0.15, 0.2) is 0 Å². The molecular weight excluding hydrogens is 216 g/mol. The molecule has 0 saturated heterocycles. The summed E-state index contributed by atoms with van der Waals surface area (Å²) >= 11 is 3.58. The monoisotopic (exact) mass is 232 g/mol. The maximum absolute atomic E-state index is 10.2. The molecule has 3 saturated carbocycles. The molecule has 3 aliphatic rings. The number of rotatable bonds is 0. The van der Waals surface area contributed by atoms with Gasteiger partial charge >= 0.3 is 0 Å². The van der Waals surface area contributed by atoms with Crippen molar-refractivity contribution in [2.45, 2.75) is 44.0 Å². The van der Waals surface area contributed by atoms with Crippen LogP contribution in [0.1, 0.15) is 33.6 Å². The SMILES string of the molecule is CC1(C)C2CC(Br)C(C)(O)C1C2. The van der Waals surface area contributed by atoms with Crippen molar-refractivity contribution in [3.05, 3.63) is 0 Å². The maximum atomic E-state index is 10.2. The number of halogens is 1. The molecule has 0 aromatic carbocycles. The van der Waals surface area contributed by atoms with E-state index < -0.39 is 5.60 Å². The number of aliphatic hydroxyl groups is 1. The smallest absolute Gasteiger partial charge is 0.0777 e. The Bertz CT molecular complexity index is 210. The van der Waals surface area contributed by atoms with Gasteiger partial charge in [-0.05, 0) is 37.0 Å². The highest BCUT2D eigenvalue weighted by Crippen LogP contribution is 2.63. The summed E-state index contributed by atoms with van der Waals surface area (Å²) in [6.45, 7) is 6.56. The molecule has 0 aliphatic heterocycles. The quantitative estimate of drug-likeness (QED) is 0.637. The minimum Gasteiger partial charge on any atom is -0.389 e. The van der Waals surface area contributed by atoms with E-state index >= 15 is 0 Å². The molecule has 1 nitrogen and oxygen atoms in total. The Hall–Kier alpha value is 0.440. The van der Waals surface area contributed by atoms with Gasteiger partial charge in [-0.15, -0.1) is 0 Å². The number of hydrogen-bond acceptors (Lipinski definition) is 1. The zero-order valence-electron chi connectivity index (χ0n) is 7.97. The van der Waals surface area contributed by atoms with Crippen molar-refractivity contribution in [3.63, 3.8) is 0 Å². The summed E-state index contributed by atoms with van der Waals surface area (Å²) in [4.78, 5) is 0.307. The molecular formula is C10H17BrO. The summed E-state index contributed by atoms with van der Waals surface area (Å²) in [5, 5.41) is 10.2. The lowest BCUT2D eigenvalue weighted by atomic mass is 9.44. The molecule has 12 heavy (non-hydrogen) atoms. The summed E-state index contributed by atoms with van der Waals surface area (Å²) in [5.74, 6) is 1.32. The van der Waals surface area contributed by atoms with Gasteiger partial charge in [0.15, 0.2) is 0 Å². The molecule has 4 unspecified atom stereocenters. The highest BCUT2D eigenvalue weighted by atomic mass is 79.9. The van der Waals surface area contributed by atoms with Gasteiger partial charge in [-0.1, -0.05) is 29.8 Å². The fourth-order valence-corrected chi connectivity index (χ4v) is 3.88. The van der Waals surface area contributed by atoms with Crippen molar-refractivity contribution in [1.29, 1.82) is 0 Å². The van der Waals surface area contributed by atoms with E-state index in [0.29, 0.717) is 16.2 Å². The van der Waals surface area contributed by atoms with Crippen molar-refractivity contribution in [2.75, 3.05) is 0 Å². The lowest BCUT2D eigenvalue weighted by Crippen LogP contribution is -2.64. The first-order valence-corrected chi connectivity index (χ1v) is 5.65. The Kier molecular flexibility index (Phi) is 1.70. The first-order valence-electron chi connectivity index (χ1n) is 4.73. The molecule has 3 fully saturated rings. The van der Waals surface area contributed by atoms with Gasteiger partial charge in [0.1, 0.15) is 0 Å². The number of fused-ring (bicyclic) bond motifs is 2. The topological polar surface area (TPSA) is 20.2 Å². The Balaban J connectivity index is 2.27. The van der Waals surface area contributed by atoms with Crippen LogP contribution in [0.4, 0.5) is 0 Å². The zero-order chi connectivity index (χ0) is 9.15. The van der Waals surface area contributed by atoms with Gasteiger partial charge in [0.05, 0.1) is 5.60 Å². The second-order valence-corrected chi connectivity index (χ2v) is 6.34. The minimum atomic E-state index is -0.488. The fraction of sp³-hybridized carbons (Fsp3) is 1.00. The van der Waals surface area contributed by atoms with Crippen LogP contribution in [0.25, 0.3) is 0 Å². The summed E-state index contributed by atoms with van der Waals surface area (Å²) in [5.41, 5.74) is -0.119. The number of alkyl halides is 1. The van der Waals surface area contributed by atoms with Crippen LogP contribution >= 0.6 is 15.9 Å². The van der Waals surface area contributed by atoms with E-state index in [9.17, 15) is 5.11 Å². The Morgan fingerprint density at radius 2 is 1.83 bits per heavy atom. The van der Waals surface area contributed by atoms with E-state index in [1.165, 1.54) is 6.42 Å². The molecule has 0 aromatic rings. The average Bonchev–Trinajstić information content (AvgIpc) is 1.93. The Morgan fingerprint density at radius 1 is 1.25 bits per heavy atom. The molecule has 0 heterocycles. The van der Waals surface area contributed by atoms with E-state index in [4.69, 9.17) is 0 Å². The Morgan fingerprint density at radius 3 is 2.17 bits per heavy atom. The van der Waals surface area contributed by atoms with Gasteiger partial charge in [-0.3, -0.25) is 0 Å². The first-order chi connectivity index (χ1) is 5.37. The molecule has 2 bridgehead atoms. The van der Waals surface area contributed by atoms with Crippen molar-refractivity contribution in [3.8, 4) is 0 Å². The van der Waals surface area contributed by atoms with E-state index in [-0.39, 0.29) is 0 Å². The van der Waals surface area contributed by atoms with Crippen LogP contribution < -0.4 is 0 Å². The van der Waals surface area contributed by atoms with Crippen LogP contribution in [-0.2, 0) is 0 Å². The van der Waals surface area contributed by atoms with E-state index in [2.05, 4.69) is 29.8 Å². The third-order valence-corrected chi connectivity index (χ3v) is 5.60. The van der Waals surface area contributed by atoms with Gasteiger partial charge in [0.25, 0.3) is 0 Å². The summed E-state index contributed by atoms with van der Waals surface area (Å²) in [6.07, 6.45) is 2.36. The van der Waals surface area contributed by atoms with Gasteiger partial charge in [0.2, 0.25) is 0 Å². The highest BCUT2D eigenvalue weighted by molar-refractivity contribution is 9.09. The molecule has 3 aliphatic carbocycles. The van der Waals surface area contributed by atoms with Crippen LogP contribution in [0.5, 0.6) is 0 Å². The summed E-state index contributed by atoms with van der Waals surface area (Å²) in [7, 11) is 0. The molecule has 4 atom stereocenters. The third kappa shape index (κ3) is 0.884. The molecule has 0 spiro atoms. The standard InChI is InChI=1S/C10H17BrO/c1-9(2)6-4-7(9)10(3,12)8(11)5-6/h6-8,12H,4-5H2,1-3H3. The van der Waals surface area contributed by atoms with Crippen molar-refractivity contribution < 1.29 is 5.11 Å². The molecule has 2 heteroatoms. The van der Waals surface area contributed by atoms with Crippen LogP contribution in [-0.4, -0.2) is 15.5 Å². The van der Waals surface area contributed by atoms with E-state index in [0.717, 1.165) is 12.3 Å². The fourth-order valence-electron chi connectivity index (χ4n) is 3.11. The molecule has 0 amide bonds. The predicted molar refractivity (Wildman–Crippen MR) is 53.3 cm³/mol. The normalized spacial score (nSPS) is 56.2. The molecule has 0 radical (unpaired) electrons. The highest BCUT2D eigenvalue weighted by Gasteiger charge is 2.62. The van der Waals surface area contributed by atoms with Crippen LogP contribution in [0.2, 0.25) is 0 Å². The van der Waals surface area contributed by atoms with Crippen molar-refractivity contribution >= 4 is 15.9 Å². The molecule has 1 N–H and O–H groups in total. The lowest BCUT2D eigenvalue weighted by molar-refractivity contribution is -0.187. The van der Waals surface area contributed by atoms with E-state index in [1.54, 1.807) is 0 Å². The molecule has 3 rings (SSSR count). The summed E-state index contributed by atoms with van der Waals surface area (Å²) < 4.78 is 0. The molecule has 0 aromatic heterocycles. The minimum absolute atomic E-state index is 0.307. The molecule has 70 valence electrons. The lowest BCUT2D eigenvalue weighted by Gasteiger charge is -2.64. The summed E-state index contributed by atoms with van der Waals surface area (Å²) in [6, 6.07) is 0. The van der Waals surface area contributed by atoms with Crippen LogP contribution in [0, 0.1) is 17.3 Å². The second kappa shape index (κ2) is 2.27. The third-order valence-electron chi connectivity index (χ3n) is 4.30. The van der Waals surface area contributed by atoms with Gasteiger partial charge in [-0.2, -0.15) is 0 Å². The zero-order valence-corrected chi connectivity index (χ0v) is 9.56. The first kappa shape index (κ1) is 9.01. The number of hydrogen-bond donors (Lipinski definition) is 1. The van der Waals surface area contributed by atoms with Crippen LogP contribution in [0.3, 0.4) is 0 Å². The Labute approximate surface area is 82.7 Å². The van der Waals surface area contributed by atoms with Gasteiger partial charge in [0, 0.05) is 4.83 Å².